The molecule has 0 aromatic rings. The van der Waals surface area contributed by atoms with Crippen molar-refractivity contribution in [1.29, 1.82) is 0 Å². The molecule has 0 aliphatic carbocycles. The van der Waals surface area contributed by atoms with Crippen LogP contribution in [-0.2, 0) is 28.6 Å². The second-order valence-electron chi connectivity index (χ2n) is 16.5. The van der Waals surface area contributed by atoms with Crippen LogP contribution in [0.2, 0.25) is 0 Å². The monoisotopic (exact) mass is 873 g/mol. The Kier molecular flexibility index (Phi) is 47.5. The van der Waals surface area contributed by atoms with Gasteiger partial charge in [0, 0.05) is 19.3 Å². The van der Waals surface area contributed by atoms with E-state index in [1.165, 1.54) is 103 Å². The Bertz CT molecular complexity index is 1330. The van der Waals surface area contributed by atoms with E-state index in [0.717, 1.165) is 64.2 Å². The Morgan fingerprint density at radius 1 is 0.349 bits per heavy atom. The third-order valence-electron chi connectivity index (χ3n) is 10.4. The summed E-state index contributed by atoms with van der Waals surface area (Å²) in [7, 11) is 0. The van der Waals surface area contributed by atoms with Gasteiger partial charge in [-0.2, -0.15) is 0 Å². The molecule has 0 N–H and O–H groups in total. The highest BCUT2D eigenvalue weighted by atomic mass is 16.6. The summed E-state index contributed by atoms with van der Waals surface area (Å²) >= 11 is 0. The van der Waals surface area contributed by atoms with E-state index in [9.17, 15) is 14.4 Å². The summed E-state index contributed by atoms with van der Waals surface area (Å²) in [4.78, 5) is 37.9. The molecule has 356 valence electrons. The van der Waals surface area contributed by atoms with E-state index in [4.69, 9.17) is 14.2 Å². The molecular weight excluding hydrogens is 781 g/mol. The first-order chi connectivity index (χ1) is 31.0. The molecule has 0 aliphatic rings. The van der Waals surface area contributed by atoms with Gasteiger partial charge >= 0.3 is 17.9 Å². The summed E-state index contributed by atoms with van der Waals surface area (Å²) in [5, 5.41) is 0. The summed E-state index contributed by atoms with van der Waals surface area (Å²) in [5.74, 6) is -1.04. The second-order valence-corrected chi connectivity index (χ2v) is 16.5. The zero-order valence-electron chi connectivity index (χ0n) is 40.5. The molecule has 6 nitrogen and oxygen atoms in total. The summed E-state index contributed by atoms with van der Waals surface area (Å²) in [6, 6.07) is 0. The largest absolute Gasteiger partial charge is 0.462 e. The molecule has 0 aromatic carbocycles. The molecule has 0 amide bonds. The van der Waals surface area contributed by atoms with Crippen molar-refractivity contribution in [3.8, 4) is 0 Å². The predicted molar refractivity (Wildman–Crippen MR) is 270 cm³/mol. The molecule has 0 radical (unpaired) electrons. The number of esters is 3. The first-order valence-electron chi connectivity index (χ1n) is 25.5. The van der Waals surface area contributed by atoms with Crippen LogP contribution in [0.1, 0.15) is 213 Å². The summed E-state index contributed by atoms with van der Waals surface area (Å²) in [6.45, 7) is 6.36. The van der Waals surface area contributed by atoms with E-state index < -0.39 is 6.10 Å². The number of ether oxygens (including phenoxy) is 3. The molecule has 0 heterocycles. The van der Waals surface area contributed by atoms with Gasteiger partial charge in [0.05, 0.1) is 0 Å². The molecule has 0 saturated carbocycles. The van der Waals surface area contributed by atoms with Crippen LogP contribution in [0.4, 0.5) is 0 Å². The Balaban J connectivity index is 4.56. The lowest BCUT2D eigenvalue weighted by atomic mass is 10.1. The molecule has 0 spiro atoms. The maximum Gasteiger partial charge on any atom is 0.306 e. The van der Waals surface area contributed by atoms with Crippen molar-refractivity contribution in [1.82, 2.24) is 0 Å². The number of hydrogen-bond donors (Lipinski definition) is 0. The van der Waals surface area contributed by atoms with Crippen molar-refractivity contribution < 1.29 is 28.6 Å². The highest BCUT2D eigenvalue weighted by Crippen LogP contribution is 2.13. The van der Waals surface area contributed by atoms with Crippen LogP contribution in [0.15, 0.2) is 109 Å². The number of hydrogen-bond acceptors (Lipinski definition) is 6. The van der Waals surface area contributed by atoms with Crippen molar-refractivity contribution in [2.45, 2.75) is 219 Å². The van der Waals surface area contributed by atoms with E-state index in [1.54, 1.807) is 0 Å². The number of carbonyl (C=O) groups is 3. The molecule has 63 heavy (non-hydrogen) atoms. The molecule has 0 aliphatic heterocycles. The van der Waals surface area contributed by atoms with E-state index in [0.29, 0.717) is 19.3 Å². The molecule has 0 rings (SSSR count). The Morgan fingerprint density at radius 3 is 1.24 bits per heavy atom. The quantitative estimate of drug-likeness (QED) is 0.0199. The second kappa shape index (κ2) is 50.7. The lowest BCUT2D eigenvalue weighted by molar-refractivity contribution is -0.166. The van der Waals surface area contributed by atoms with Gasteiger partial charge in [-0.05, 0) is 83.5 Å². The van der Waals surface area contributed by atoms with Gasteiger partial charge in [-0.1, -0.05) is 220 Å². The summed E-state index contributed by atoms with van der Waals surface area (Å²) in [6.07, 6.45) is 67.9. The minimum Gasteiger partial charge on any atom is -0.462 e. The van der Waals surface area contributed by atoms with E-state index in [-0.39, 0.29) is 37.5 Å². The topological polar surface area (TPSA) is 78.9 Å². The standard InChI is InChI=1S/C57H92O6/c1-4-7-10-13-16-19-22-25-27-28-30-32-35-38-41-44-47-50-56(59)62-53-54(52-61-55(58)49-46-43-40-37-34-31-24-21-18-15-12-9-6-3)63-57(60)51-48-45-42-39-36-33-29-26-23-20-17-14-11-8-5-2/h7,10,13,16,19-20,22-23,25,27-28,30-32,34-35,40,43,54H,4-6,8-9,11-12,14-15,17-18,21,24,26,29,33,36-39,41-42,44-53H2,1-3H3/b10-7+,16-13+,22-19+,23-20+,27-25+,30-28+,34-31+,35-32+,43-40+. The van der Waals surface area contributed by atoms with Crippen LogP contribution in [0.25, 0.3) is 0 Å². The fourth-order valence-electron chi connectivity index (χ4n) is 6.58. The molecule has 0 fully saturated rings. The van der Waals surface area contributed by atoms with Crippen LogP contribution in [0.5, 0.6) is 0 Å². The molecule has 1 unspecified atom stereocenters. The molecule has 1 atom stereocenters. The third-order valence-corrected chi connectivity index (χ3v) is 10.4. The molecule has 0 bridgehead atoms. The fraction of sp³-hybridized carbons (Fsp3) is 0.632. The van der Waals surface area contributed by atoms with E-state index >= 15 is 0 Å². The smallest absolute Gasteiger partial charge is 0.306 e. The van der Waals surface area contributed by atoms with Gasteiger partial charge in [-0.3, -0.25) is 14.4 Å². The molecular formula is C57H92O6. The Labute approximate surface area is 387 Å². The van der Waals surface area contributed by atoms with E-state index in [2.05, 4.69) is 63.3 Å². The van der Waals surface area contributed by atoms with Gasteiger partial charge in [0.25, 0.3) is 0 Å². The summed E-state index contributed by atoms with van der Waals surface area (Å²) < 4.78 is 16.7. The van der Waals surface area contributed by atoms with Crippen LogP contribution in [0.3, 0.4) is 0 Å². The first kappa shape index (κ1) is 59.1. The van der Waals surface area contributed by atoms with Gasteiger partial charge in [-0.15, -0.1) is 0 Å². The summed E-state index contributed by atoms with van der Waals surface area (Å²) in [5.41, 5.74) is 0. The van der Waals surface area contributed by atoms with Gasteiger partial charge in [-0.25, -0.2) is 0 Å². The maximum atomic E-state index is 12.8. The van der Waals surface area contributed by atoms with Crippen LogP contribution < -0.4 is 0 Å². The van der Waals surface area contributed by atoms with Crippen LogP contribution >= 0.6 is 0 Å². The highest BCUT2D eigenvalue weighted by molar-refractivity contribution is 5.71. The average Bonchev–Trinajstić information content (AvgIpc) is 3.28. The number of rotatable bonds is 44. The minimum atomic E-state index is -0.822. The number of allylic oxidation sites excluding steroid dienone is 18. The van der Waals surface area contributed by atoms with Crippen LogP contribution in [0, 0.1) is 0 Å². The van der Waals surface area contributed by atoms with Gasteiger partial charge < -0.3 is 14.2 Å². The zero-order chi connectivity index (χ0) is 45.8. The van der Waals surface area contributed by atoms with Gasteiger partial charge in [0.1, 0.15) is 13.2 Å². The number of unbranched alkanes of at least 4 members (excludes halogenated alkanes) is 20. The highest BCUT2D eigenvalue weighted by Gasteiger charge is 2.19. The lowest BCUT2D eigenvalue weighted by Crippen LogP contribution is -2.30. The fourth-order valence-corrected chi connectivity index (χ4v) is 6.58. The molecule has 6 heteroatoms. The van der Waals surface area contributed by atoms with Crippen molar-refractivity contribution >= 4 is 17.9 Å². The SMILES string of the molecule is CC/C=C/C=C/C=C/C=C/C=C/C=C/CCCCCC(=O)OCC(COC(=O)CC/C=C/C/C=C/CCCCCCCC)OC(=O)CCCCCCCCC/C=C/CCCCCC. The van der Waals surface area contributed by atoms with E-state index in [1.807, 2.05) is 66.8 Å². The molecule has 0 saturated heterocycles. The first-order valence-corrected chi connectivity index (χ1v) is 25.5. The maximum absolute atomic E-state index is 12.8. The average molecular weight is 873 g/mol. The Hall–Kier alpha value is -3.93. The van der Waals surface area contributed by atoms with Gasteiger partial charge in [0.15, 0.2) is 6.10 Å². The predicted octanol–water partition coefficient (Wildman–Crippen LogP) is 16.8. The van der Waals surface area contributed by atoms with Crippen molar-refractivity contribution in [2.75, 3.05) is 13.2 Å². The number of carbonyl (C=O) groups excluding carboxylic acids is 3. The minimum absolute atomic E-state index is 0.122. The Morgan fingerprint density at radius 2 is 0.714 bits per heavy atom. The molecule has 0 aromatic heterocycles. The van der Waals surface area contributed by atoms with Crippen molar-refractivity contribution in [2.24, 2.45) is 0 Å². The normalized spacial score (nSPS) is 13.0. The lowest BCUT2D eigenvalue weighted by Gasteiger charge is -2.18. The zero-order valence-corrected chi connectivity index (χ0v) is 40.5. The van der Waals surface area contributed by atoms with Crippen molar-refractivity contribution in [3.05, 3.63) is 109 Å². The van der Waals surface area contributed by atoms with Gasteiger partial charge in [0.2, 0.25) is 0 Å². The van der Waals surface area contributed by atoms with Crippen LogP contribution in [-0.4, -0.2) is 37.2 Å². The van der Waals surface area contributed by atoms with Crippen molar-refractivity contribution in [3.63, 3.8) is 0 Å². The third kappa shape index (κ3) is 49.0.